The first kappa shape index (κ1) is 12.7. The van der Waals surface area contributed by atoms with Crippen molar-refractivity contribution >= 4 is 23.6 Å². The van der Waals surface area contributed by atoms with Gasteiger partial charge in [0.15, 0.2) is 0 Å². The topological polar surface area (TPSA) is 49.4 Å². The van der Waals surface area contributed by atoms with Crippen LogP contribution < -0.4 is 5.32 Å². The van der Waals surface area contributed by atoms with Gasteiger partial charge in [0.2, 0.25) is 11.8 Å². The highest BCUT2D eigenvalue weighted by Gasteiger charge is 2.43. The Bertz CT molecular complexity index is 326. The molecule has 2 amide bonds. The van der Waals surface area contributed by atoms with Gasteiger partial charge in [0.1, 0.15) is 12.1 Å². The van der Waals surface area contributed by atoms with Crippen molar-refractivity contribution in [2.75, 3.05) is 11.5 Å². The lowest BCUT2D eigenvalue weighted by Gasteiger charge is -2.41. The van der Waals surface area contributed by atoms with Gasteiger partial charge in [-0.25, -0.2) is 0 Å². The van der Waals surface area contributed by atoms with Crippen molar-refractivity contribution in [2.24, 2.45) is 5.92 Å². The highest BCUT2D eigenvalue weighted by atomic mass is 32.2. The minimum atomic E-state index is -0.343. The van der Waals surface area contributed by atoms with E-state index in [1.165, 1.54) is 0 Å². The number of hydrogen-bond acceptors (Lipinski definition) is 3. The van der Waals surface area contributed by atoms with Crippen molar-refractivity contribution < 1.29 is 9.59 Å². The molecular formula is C12H20N2O2S. The molecule has 1 N–H and O–H groups in total. The second kappa shape index (κ2) is 4.88. The van der Waals surface area contributed by atoms with Crippen LogP contribution >= 0.6 is 11.8 Å². The van der Waals surface area contributed by atoms with Crippen LogP contribution in [0.25, 0.3) is 0 Å². The van der Waals surface area contributed by atoms with Gasteiger partial charge in [0.25, 0.3) is 0 Å². The molecule has 2 rings (SSSR count). The molecule has 3 unspecified atom stereocenters. The highest BCUT2D eigenvalue weighted by Crippen LogP contribution is 2.27. The molecular weight excluding hydrogens is 236 g/mol. The average Bonchev–Trinajstić information content (AvgIpc) is 2.76. The minimum absolute atomic E-state index is 0.0137. The second-order valence-electron chi connectivity index (χ2n) is 5.17. The lowest BCUT2D eigenvalue weighted by Crippen LogP contribution is -2.66. The molecule has 0 saturated carbocycles. The van der Waals surface area contributed by atoms with E-state index in [2.05, 4.69) is 5.32 Å². The van der Waals surface area contributed by atoms with Crippen molar-refractivity contribution in [3.8, 4) is 0 Å². The van der Waals surface area contributed by atoms with Crippen LogP contribution in [0.1, 0.15) is 27.2 Å². The summed E-state index contributed by atoms with van der Waals surface area (Å²) in [6.45, 7) is 5.77. The molecule has 96 valence electrons. The third-order valence-electron chi connectivity index (χ3n) is 3.58. The molecule has 2 saturated heterocycles. The molecule has 2 heterocycles. The van der Waals surface area contributed by atoms with Gasteiger partial charge in [-0.3, -0.25) is 9.59 Å². The Balaban J connectivity index is 2.20. The number of carbonyl (C=O) groups is 2. The van der Waals surface area contributed by atoms with E-state index in [0.29, 0.717) is 0 Å². The first-order valence-electron chi connectivity index (χ1n) is 6.22. The zero-order valence-corrected chi connectivity index (χ0v) is 11.4. The van der Waals surface area contributed by atoms with E-state index in [9.17, 15) is 9.59 Å². The van der Waals surface area contributed by atoms with Gasteiger partial charge in [0, 0.05) is 11.8 Å². The maximum Gasteiger partial charge on any atom is 0.246 e. The largest absolute Gasteiger partial charge is 0.342 e. The number of thioether (sulfide) groups is 1. The SMILES string of the molecule is CC(C)C1NC(=O)C(C)N(C2CCSC2)C1=O. The van der Waals surface area contributed by atoms with Gasteiger partial charge in [0.05, 0.1) is 0 Å². The van der Waals surface area contributed by atoms with Crippen LogP contribution in [-0.4, -0.2) is 46.3 Å². The van der Waals surface area contributed by atoms with Crippen LogP contribution in [0.4, 0.5) is 0 Å². The standard InChI is InChI=1S/C12H20N2O2S/c1-7(2)10-12(16)14(8(3)11(15)13-10)9-4-5-17-6-9/h7-10H,4-6H2,1-3H3,(H,13,15). The van der Waals surface area contributed by atoms with Crippen LogP contribution in [0, 0.1) is 5.92 Å². The fourth-order valence-corrected chi connectivity index (χ4v) is 3.71. The van der Waals surface area contributed by atoms with Crippen molar-refractivity contribution in [2.45, 2.75) is 45.3 Å². The van der Waals surface area contributed by atoms with E-state index in [4.69, 9.17) is 0 Å². The van der Waals surface area contributed by atoms with Crippen molar-refractivity contribution in [3.63, 3.8) is 0 Å². The van der Waals surface area contributed by atoms with Crippen molar-refractivity contribution in [3.05, 3.63) is 0 Å². The normalized spacial score (nSPS) is 34.4. The van der Waals surface area contributed by atoms with E-state index in [0.717, 1.165) is 17.9 Å². The third-order valence-corrected chi connectivity index (χ3v) is 4.73. The Labute approximate surface area is 106 Å². The minimum Gasteiger partial charge on any atom is -0.342 e. The number of nitrogens with one attached hydrogen (secondary N) is 1. The second-order valence-corrected chi connectivity index (χ2v) is 6.32. The maximum atomic E-state index is 12.4. The number of amides is 2. The summed E-state index contributed by atoms with van der Waals surface area (Å²) in [4.78, 5) is 26.1. The van der Waals surface area contributed by atoms with Crippen molar-refractivity contribution in [1.29, 1.82) is 0 Å². The zero-order chi connectivity index (χ0) is 12.6. The molecule has 3 atom stereocenters. The Hall–Kier alpha value is -0.710. The predicted molar refractivity (Wildman–Crippen MR) is 68.8 cm³/mol. The van der Waals surface area contributed by atoms with E-state index in [1.807, 2.05) is 37.4 Å². The van der Waals surface area contributed by atoms with Gasteiger partial charge >= 0.3 is 0 Å². The monoisotopic (exact) mass is 256 g/mol. The quantitative estimate of drug-likeness (QED) is 0.797. The lowest BCUT2D eigenvalue weighted by atomic mass is 9.96. The molecule has 4 nitrogen and oxygen atoms in total. The van der Waals surface area contributed by atoms with Crippen molar-refractivity contribution in [1.82, 2.24) is 10.2 Å². The van der Waals surface area contributed by atoms with E-state index < -0.39 is 0 Å². The van der Waals surface area contributed by atoms with Crippen LogP contribution in [0.5, 0.6) is 0 Å². The molecule has 0 aliphatic carbocycles. The summed E-state index contributed by atoms with van der Waals surface area (Å²) in [6, 6.07) is -0.416. The lowest BCUT2D eigenvalue weighted by molar-refractivity contribution is -0.152. The first-order chi connectivity index (χ1) is 8.02. The summed E-state index contributed by atoms with van der Waals surface area (Å²) in [5.74, 6) is 2.29. The smallest absolute Gasteiger partial charge is 0.246 e. The van der Waals surface area contributed by atoms with Crippen LogP contribution in [0.2, 0.25) is 0 Å². The summed E-state index contributed by atoms with van der Waals surface area (Å²) >= 11 is 1.87. The van der Waals surface area contributed by atoms with Crippen LogP contribution in [0.3, 0.4) is 0 Å². The van der Waals surface area contributed by atoms with Gasteiger partial charge in [-0.2, -0.15) is 11.8 Å². The predicted octanol–water partition coefficient (Wildman–Crippen LogP) is 0.863. The molecule has 2 aliphatic rings. The summed E-state index contributed by atoms with van der Waals surface area (Å²) in [5.41, 5.74) is 0. The molecule has 0 aromatic rings. The summed E-state index contributed by atoms with van der Waals surface area (Å²) in [5, 5.41) is 2.83. The number of rotatable bonds is 2. The molecule has 2 fully saturated rings. The Morgan fingerprint density at radius 1 is 1.41 bits per heavy atom. The summed E-state index contributed by atoms with van der Waals surface area (Å²) < 4.78 is 0. The summed E-state index contributed by atoms with van der Waals surface area (Å²) in [6.07, 6.45) is 1.01. The molecule has 0 aromatic carbocycles. The van der Waals surface area contributed by atoms with Gasteiger partial charge in [-0.05, 0) is 25.0 Å². The molecule has 0 radical (unpaired) electrons. The van der Waals surface area contributed by atoms with Crippen LogP contribution in [-0.2, 0) is 9.59 Å². The van der Waals surface area contributed by atoms with Crippen LogP contribution in [0.15, 0.2) is 0 Å². The average molecular weight is 256 g/mol. The highest BCUT2D eigenvalue weighted by molar-refractivity contribution is 7.99. The molecule has 0 spiro atoms. The van der Waals surface area contributed by atoms with E-state index in [1.54, 1.807) is 0 Å². The molecule has 2 aliphatic heterocycles. The van der Waals surface area contributed by atoms with Gasteiger partial charge in [-0.1, -0.05) is 13.8 Å². The number of piperazine rings is 1. The first-order valence-corrected chi connectivity index (χ1v) is 7.38. The number of hydrogen-bond donors (Lipinski definition) is 1. The summed E-state index contributed by atoms with van der Waals surface area (Å²) in [7, 11) is 0. The number of carbonyl (C=O) groups excluding carboxylic acids is 2. The molecule has 0 bridgehead atoms. The maximum absolute atomic E-state index is 12.4. The Morgan fingerprint density at radius 3 is 2.65 bits per heavy atom. The fraction of sp³-hybridized carbons (Fsp3) is 0.833. The molecule has 5 heteroatoms. The van der Waals surface area contributed by atoms with E-state index >= 15 is 0 Å². The zero-order valence-electron chi connectivity index (χ0n) is 10.6. The Kier molecular flexibility index (Phi) is 3.66. The Morgan fingerprint density at radius 2 is 2.12 bits per heavy atom. The molecule has 0 aromatic heterocycles. The van der Waals surface area contributed by atoms with Gasteiger partial charge < -0.3 is 10.2 Å². The third kappa shape index (κ3) is 2.30. The molecule has 17 heavy (non-hydrogen) atoms. The number of nitrogens with zero attached hydrogens (tertiary/aromatic N) is 1. The fourth-order valence-electron chi connectivity index (χ4n) is 2.50. The van der Waals surface area contributed by atoms with E-state index in [-0.39, 0.29) is 35.9 Å². The van der Waals surface area contributed by atoms with Gasteiger partial charge in [-0.15, -0.1) is 0 Å².